The van der Waals surface area contributed by atoms with Crippen LogP contribution in [0.5, 0.6) is 5.75 Å². The van der Waals surface area contributed by atoms with Crippen molar-refractivity contribution in [2.24, 2.45) is 5.92 Å². The highest BCUT2D eigenvalue weighted by atomic mass is 16.5. The first-order valence-corrected chi connectivity index (χ1v) is 8.23. The van der Waals surface area contributed by atoms with Crippen molar-refractivity contribution in [1.82, 2.24) is 5.32 Å². The number of ether oxygens (including phenoxy) is 2. The zero-order valence-corrected chi connectivity index (χ0v) is 13.4. The zero-order valence-electron chi connectivity index (χ0n) is 13.4. The van der Waals surface area contributed by atoms with E-state index in [0.717, 1.165) is 11.7 Å². The van der Waals surface area contributed by atoms with Crippen molar-refractivity contribution in [1.29, 1.82) is 0 Å². The fourth-order valence-electron chi connectivity index (χ4n) is 3.29. The molecule has 0 spiro atoms. The van der Waals surface area contributed by atoms with Gasteiger partial charge in [-0.2, -0.15) is 0 Å². The molecule has 0 heterocycles. The predicted molar refractivity (Wildman–Crippen MR) is 86.8 cm³/mol. The highest BCUT2D eigenvalue weighted by Gasteiger charge is 2.21. The molecule has 0 bridgehead atoms. The van der Waals surface area contributed by atoms with E-state index in [-0.39, 0.29) is 0 Å². The third-order valence-electron chi connectivity index (χ3n) is 4.48. The van der Waals surface area contributed by atoms with Gasteiger partial charge in [0, 0.05) is 18.7 Å². The molecular formula is C18H29NO2. The summed E-state index contributed by atoms with van der Waals surface area (Å²) >= 11 is 0. The van der Waals surface area contributed by atoms with Crippen LogP contribution >= 0.6 is 0 Å². The Kier molecular flexibility index (Phi) is 7.04. The molecule has 0 radical (unpaired) electrons. The van der Waals surface area contributed by atoms with Crippen molar-refractivity contribution in [3.8, 4) is 5.75 Å². The maximum atomic E-state index is 5.88. The van der Waals surface area contributed by atoms with Gasteiger partial charge in [0.05, 0.1) is 6.61 Å². The lowest BCUT2D eigenvalue weighted by Gasteiger charge is -2.27. The Morgan fingerprint density at radius 3 is 2.62 bits per heavy atom. The topological polar surface area (TPSA) is 30.5 Å². The van der Waals surface area contributed by atoms with Crippen molar-refractivity contribution in [3.63, 3.8) is 0 Å². The van der Waals surface area contributed by atoms with Crippen LogP contribution in [-0.2, 0) is 4.74 Å². The Balaban J connectivity index is 2.02. The molecule has 1 fully saturated rings. The highest BCUT2D eigenvalue weighted by Crippen LogP contribution is 2.34. The third kappa shape index (κ3) is 5.01. The number of hydrogen-bond donors (Lipinski definition) is 1. The first kappa shape index (κ1) is 16.3. The average molecular weight is 291 g/mol. The number of methoxy groups -OCH3 is 1. The molecule has 0 aromatic heterocycles. The van der Waals surface area contributed by atoms with E-state index in [1.165, 1.54) is 44.1 Å². The van der Waals surface area contributed by atoms with E-state index >= 15 is 0 Å². The van der Waals surface area contributed by atoms with Crippen molar-refractivity contribution < 1.29 is 9.47 Å². The fourth-order valence-corrected chi connectivity index (χ4v) is 3.29. The molecule has 2 rings (SSSR count). The van der Waals surface area contributed by atoms with E-state index in [1.54, 1.807) is 7.11 Å². The van der Waals surface area contributed by atoms with Crippen molar-refractivity contribution >= 4 is 0 Å². The van der Waals surface area contributed by atoms with Crippen LogP contribution in [0, 0.1) is 5.92 Å². The summed E-state index contributed by atoms with van der Waals surface area (Å²) in [6, 6.07) is 8.78. The molecule has 1 aromatic carbocycles. The van der Waals surface area contributed by atoms with Gasteiger partial charge in [0.25, 0.3) is 0 Å². The second kappa shape index (κ2) is 9.06. The lowest BCUT2D eigenvalue weighted by molar-refractivity contribution is 0.145. The molecule has 1 aliphatic carbocycles. The molecular weight excluding hydrogens is 262 g/mol. The molecule has 118 valence electrons. The predicted octanol–water partition coefficient (Wildman–Crippen LogP) is 3.94. The summed E-state index contributed by atoms with van der Waals surface area (Å²) in [6.45, 7) is 1.23. The summed E-state index contributed by atoms with van der Waals surface area (Å²) in [5.41, 5.74) is 1.28. The van der Waals surface area contributed by atoms with E-state index in [1.807, 2.05) is 6.07 Å². The SMILES string of the molecule is CNC(CC1CCCCC1)c1ccccc1OCCOC. The monoisotopic (exact) mass is 291 g/mol. The number of hydrogen-bond acceptors (Lipinski definition) is 3. The van der Waals surface area contributed by atoms with Gasteiger partial charge in [-0.25, -0.2) is 0 Å². The average Bonchev–Trinajstić information content (AvgIpc) is 2.54. The first-order chi connectivity index (χ1) is 10.3. The summed E-state index contributed by atoms with van der Waals surface area (Å²) in [7, 11) is 3.76. The first-order valence-electron chi connectivity index (χ1n) is 8.23. The summed E-state index contributed by atoms with van der Waals surface area (Å²) in [5.74, 6) is 1.84. The lowest BCUT2D eigenvalue weighted by Crippen LogP contribution is -2.22. The van der Waals surface area contributed by atoms with E-state index < -0.39 is 0 Å². The molecule has 3 nitrogen and oxygen atoms in total. The molecule has 0 saturated heterocycles. The van der Waals surface area contributed by atoms with Crippen molar-refractivity contribution in [3.05, 3.63) is 29.8 Å². The van der Waals surface area contributed by atoms with Gasteiger partial charge in [0.15, 0.2) is 0 Å². The molecule has 1 saturated carbocycles. The zero-order chi connectivity index (χ0) is 14.9. The maximum absolute atomic E-state index is 5.88. The third-order valence-corrected chi connectivity index (χ3v) is 4.48. The van der Waals surface area contributed by atoms with Gasteiger partial charge in [0.1, 0.15) is 12.4 Å². The number of benzene rings is 1. The maximum Gasteiger partial charge on any atom is 0.124 e. The van der Waals surface area contributed by atoms with Crippen molar-refractivity contribution in [2.45, 2.75) is 44.6 Å². The molecule has 3 heteroatoms. The van der Waals surface area contributed by atoms with Crippen LogP contribution in [0.1, 0.15) is 50.1 Å². The minimum absolute atomic E-state index is 0.381. The van der Waals surface area contributed by atoms with Crippen LogP contribution in [0.2, 0.25) is 0 Å². The molecule has 1 aromatic rings. The number of rotatable bonds is 8. The largest absolute Gasteiger partial charge is 0.491 e. The van der Waals surface area contributed by atoms with Crippen LogP contribution < -0.4 is 10.1 Å². The van der Waals surface area contributed by atoms with Gasteiger partial charge in [-0.3, -0.25) is 0 Å². The number of para-hydroxylation sites is 1. The minimum Gasteiger partial charge on any atom is -0.491 e. The van der Waals surface area contributed by atoms with Gasteiger partial charge in [-0.05, 0) is 25.5 Å². The van der Waals surface area contributed by atoms with Crippen LogP contribution in [0.25, 0.3) is 0 Å². The van der Waals surface area contributed by atoms with Gasteiger partial charge in [0.2, 0.25) is 0 Å². The lowest BCUT2D eigenvalue weighted by atomic mass is 9.83. The van der Waals surface area contributed by atoms with Crippen molar-refractivity contribution in [2.75, 3.05) is 27.4 Å². The summed E-state index contributed by atoms with van der Waals surface area (Å²) < 4.78 is 11.0. The van der Waals surface area contributed by atoms with Gasteiger partial charge < -0.3 is 14.8 Å². The Morgan fingerprint density at radius 1 is 1.14 bits per heavy atom. The summed E-state index contributed by atoms with van der Waals surface area (Å²) in [5, 5.41) is 3.49. The van der Waals surface area contributed by atoms with E-state index in [0.29, 0.717) is 19.3 Å². The quantitative estimate of drug-likeness (QED) is 0.736. The summed E-state index contributed by atoms with van der Waals surface area (Å²) in [4.78, 5) is 0. The Labute approximate surface area is 129 Å². The molecule has 1 N–H and O–H groups in total. The van der Waals surface area contributed by atoms with Crippen LogP contribution in [0.3, 0.4) is 0 Å². The molecule has 21 heavy (non-hydrogen) atoms. The molecule has 0 aliphatic heterocycles. The minimum atomic E-state index is 0.381. The van der Waals surface area contributed by atoms with E-state index in [2.05, 4.69) is 30.6 Å². The second-order valence-corrected chi connectivity index (χ2v) is 5.96. The van der Waals surface area contributed by atoms with Crippen LogP contribution in [-0.4, -0.2) is 27.4 Å². The van der Waals surface area contributed by atoms with E-state index in [9.17, 15) is 0 Å². The normalized spacial score (nSPS) is 17.6. The Bertz CT molecular complexity index is 402. The molecule has 1 unspecified atom stereocenters. The molecule has 0 amide bonds. The van der Waals surface area contributed by atoms with Crippen LogP contribution in [0.15, 0.2) is 24.3 Å². The second-order valence-electron chi connectivity index (χ2n) is 5.96. The standard InChI is InChI=1S/C18H29NO2/c1-19-17(14-15-8-4-3-5-9-15)16-10-6-7-11-18(16)21-13-12-20-2/h6-7,10-11,15,17,19H,3-5,8-9,12-14H2,1-2H3. The summed E-state index contributed by atoms with van der Waals surface area (Å²) in [6.07, 6.45) is 8.18. The van der Waals surface area contributed by atoms with Gasteiger partial charge in [-0.1, -0.05) is 50.3 Å². The Hall–Kier alpha value is -1.06. The number of nitrogens with one attached hydrogen (secondary N) is 1. The van der Waals surface area contributed by atoms with E-state index in [4.69, 9.17) is 9.47 Å². The fraction of sp³-hybridized carbons (Fsp3) is 0.667. The van der Waals surface area contributed by atoms with Gasteiger partial charge >= 0.3 is 0 Å². The van der Waals surface area contributed by atoms with Gasteiger partial charge in [-0.15, -0.1) is 0 Å². The molecule has 1 atom stereocenters. The Morgan fingerprint density at radius 2 is 1.90 bits per heavy atom. The smallest absolute Gasteiger partial charge is 0.124 e. The molecule has 1 aliphatic rings. The highest BCUT2D eigenvalue weighted by molar-refractivity contribution is 5.36. The van der Waals surface area contributed by atoms with Crippen LogP contribution in [0.4, 0.5) is 0 Å².